The molecule has 0 spiro atoms. The van der Waals surface area contributed by atoms with Gasteiger partial charge in [-0.15, -0.1) is 5.10 Å². The molecule has 1 heterocycles. The molecule has 5 nitrogen and oxygen atoms in total. The summed E-state index contributed by atoms with van der Waals surface area (Å²) in [6.45, 7) is 5.73. The summed E-state index contributed by atoms with van der Waals surface area (Å²) in [6.07, 6.45) is 1.98. The summed E-state index contributed by atoms with van der Waals surface area (Å²) < 4.78 is 0. The van der Waals surface area contributed by atoms with E-state index in [0.717, 1.165) is 18.5 Å². The Labute approximate surface area is 101 Å². The van der Waals surface area contributed by atoms with Crippen molar-refractivity contribution in [2.24, 2.45) is 0 Å². The summed E-state index contributed by atoms with van der Waals surface area (Å²) in [4.78, 5) is 10.7. The van der Waals surface area contributed by atoms with E-state index in [1.54, 1.807) is 0 Å². The number of hydrogen-bond acceptors (Lipinski definition) is 4. The third kappa shape index (κ3) is 4.80. The maximum atomic E-state index is 10.7. The molecule has 1 rings (SSSR count). The van der Waals surface area contributed by atoms with Gasteiger partial charge in [0.25, 0.3) is 0 Å². The van der Waals surface area contributed by atoms with Gasteiger partial charge < -0.3 is 10.4 Å². The number of aliphatic carboxylic acids is 1. The van der Waals surface area contributed by atoms with Gasteiger partial charge in [-0.3, -0.25) is 4.79 Å². The Kier molecular flexibility index (Phi) is 4.43. The number of aryl methyl sites for hydroxylation is 1. The molecular weight excluding hydrogens is 218 g/mol. The van der Waals surface area contributed by atoms with Crippen molar-refractivity contribution < 1.29 is 9.90 Å². The standard InChI is InChI=1S/C12H19N3O2/c1-4-5-9-6-7-10(15-14-9)13-12(2,3)8-11(16)17/h6-7H,4-5,8H2,1-3H3,(H,13,15)(H,16,17). The maximum Gasteiger partial charge on any atom is 0.305 e. The molecule has 0 amide bonds. The highest BCUT2D eigenvalue weighted by atomic mass is 16.4. The van der Waals surface area contributed by atoms with Crippen LogP contribution in [0.25, 0.3) is 0 Å². The van der Waals surface area contributed by atoms with Gasteiger partial charge in [0.15, 0.2) is 0 Å². The van der Waals surface area contributed by atoms with Crippen LogP contribution in [-0.4, -0.2) is 26.8 Å². The minimum Gasteiger partial charge on any atom is -0.481 e. The first-order chi connectivity index (χ1) is 7.93. The number of carboxylic acids is 1. The first-order valence-corrected chi connectivity index (χ1v) is 5.75. The highest BCUT2D eigenvalue weighted by molar-refractivity contribution is 5.69. The van der Waals surface area contributed by atoms with Gasteiger partial charge in [-0.2, -0.15) is 5.10 Å². The maximum absolute atomic E-state index is 10.7. The van der Waals surface area contributed by atoms with Crippen molar-refractivity contribution in [3.05, 3.63) is 17.8 Å². The lowest BCUT2D eigenvalue weighted by molar-refractivity contribution is -0.137. The number of aromatic nitrogens is 2. The van der Waals surface area contributed by atoms with Gasteiger partial charge in [-0.1, -0.05) is 13.3 Å². The second-order valence-electron chi connectivity index (χ2n) is 4.74. The minimum absolute atomic E-state index is 0.0331. The van der Waals surface area contributed by atoms with E-state index < -0.39 is 11.5 Å². The normalized spacial score (nSPS) is 11.2. The molecule has 0 fully saturated rings. The number of hydrogen-bond donors (Lipinski definition) is 2. The zero-order valence-electron chi connectivity index (χ0n) is 10.5. The lowest BCUT2D eigenvalue weighted by atomic mass is 10.0. The summed E-state index contributed by atoms with van der Waals surface area (Å²) >= 11 is 0. The predicted octanol–water partition coefficient (Wildman–Crippen LogP) is 2.09. The molecule has 2 N–H and O–H groups in total. The van der Waals surface area contributed by atoms with Crippen LogP contribution in [0.1, 0.15) is 39.3 Å². The molecule has 0 radical (unpaired) electrons. The number of nitrogens with zero attached hydrogens (tertiary/aromatic N) is 2. The highest BCUT2D eigenvalue weighted by Crippen LogP contribution is 2.16. The van der Waals surface area contributed by atoms with E-state index >= 15 is 0 Å². The molecular formula is C12H19N3O2. The van der Waals surface area contributed by atoms with Crippen molar-refractivity contribution >= 4 is 11.8 Å². The van der Waals surface area contributed by atoms with Gasteiger partial charge in [0.05, 0.1) is 12.1 Å². The fraction of sp³-hybridized carbons (Fsp3) is 0.583. The second-order valence-corrected chi connectivity index (χ2v) is 4.74. The van der Waals surface area contributed by atoms with Gasteiger partial charge in [0, 0.05) is 5.54 Å². The Bertz CT molecular complexity index is 374. The Morgan fingerprint density at radius 1 is 1.41 bits per heavy atom. The molecule has 0 saturated heterocycles. The average molecular weight is 237 g/mol. The van der Waals surface area contributed by atoms with Gasteiger partial charge in [-0.05, 0) is 32.4 Å². The lowest BCUT2D eigenvalue weighted by Crippen LogP contribution is -2.34. The molecule has 0 aliphatic carbocycles. The molecule has 1 aromatic heterocycles. The largest absolute Gasteiger partial charge is 0.481 e. The third-order valence-corrected chi connectivity index (χ3v) is 2.29. The van der Waals surface area contributed by atoms with E-state index in [2.05, 4.69) is 22.4 Å². The fourth-order valence-electron chi connectivity index (χ4n) is 1.58. The van der Waals surface area contributed by atoms with Crippen LogP contribution in [-0.2, 0) is 11.2 Å². The van der Waals surface area contributed by atoms with Crippen LogP contribution in [0, 0.1) is 0 Å². The average Bonchev–Trinajstić information content (AvgIpc) is 2.18. The van der Waals surface area contributed by atoms with Crippen LogP contribution < -0.4 is 5.32 Å². The molecule has 0 bridgehead atoms. The number of carbonyl (C=O) groups is 1. The van der Waals surface area contributed by atoms with Gasteiger partial charge in [0.2, 0.25) is 0 Å². The molecule has 94 valence electrons. The molecule has 0 aliphatic rings. The molecule has 5 heteroatoms. The number of nitrogens with one attached hydrogen (secondary N) is 1. The smallest absolute Gasteiger partial charge is 0.305 e. The lowest BCUT2D eigenvalue weighted by Gasteiger charge is -2.24. The molecule has 1 aromatic rings. The first-order valence-electron chi connectivity index (χ1n) is 5.75. The summed E-state index contributed by atoms with van der Waals surface area (Å²) in [5.41, 5.74) is 0.418. The predicted molar refractivity (Wildman–Crippen MR) is 66.0 cm³/mol. The van der Waals surface area contributed by atoms with E-state index in [0.29, 0.717) is 5.82 Å². The van der Waals surface area contributed by atoms with Crippen LogP contribution in [0.3, 0.4) is 0 Å². The minimum atomic E-state index is -0.835. The SMILES string of the molecule is CCCc1ccc(NC(C)(C)CC(=O)O)nn1. The van der Waals surface area contributed by atoms with Crippen LogP contribution in [0.2, 0.25) is 0 Å². The summed E-state index contributed by atoms with van der Waals surface area (Å²) in [7, 11) is 0. The van der Waals surface area contributed by atoms with E-state index in [4.69, 9.17) is 5.11 Å². The van der Waals surface area contributed by atoms with E-state index in [1.807, 2.05) is 26.0 Å². The Hall–Kier alpha value is -1.65. The van der Waals surface area contributed by atoms with Crippen LogP contribution in [0.4, 0.5) is 5.82 Å². The van der Waals surface area contributed by atoms with Crippen molar-refractivity contribution in [1.29, 1.82) is 0 Å². The van der Waals surface area contributed by atoms with Crippen molar-refractivity contribution in [3.8, 4) is 0 Å². The topological polar surface area (TPSA) is 75.1 Å². The fourth-order valence-corrected chi connectivity index (χ4v) is 1.58. The molecule has 17 heavy (non-hydrogen) atoms. The summed E-state index contributed by atoms with van der Waals surface area (Å²) in [6, 6.07) is 3.75. The van der Waals surface area contributed by atoms with Crippen molar-refractivity contribution in [2.45, 2.75) is 45.6 Å². The Balaban J connectivity index is 2.65. The molecule has 0 aromatic carbocycles. The zero-order chi connectivity index (χ0) is 12.9. The Morgan fingerprint density at radius 2 is 2.12 bits per heavy atom. The van der Waals surface area contributed by atoms with Crippen molar-refractivity contribution in [2.75, 3.05) is 5.32 Å². The van der Waals surface area contributed by atoms with E-state index in [-0.39, 0.29) is 6.42 Å². The number of carboxylic acid groups (broad SMARTS) is 1. The summed E-state index contributed by atoms with van der Waals surface area (Å²) in [5.74, 6) is -0.228. The number of rotatable bonds is 6. The van der Waals surface area contributed by atoms with E-state index in [1.165, 1.54) is 0 Å². The molecule has 0 aliphatic heterocycles. The molecule has 0 unspecified atom stereocenters. The van der Waals surface area contributed by atoms with Gasteiger partial charge in [0.1, 0.15) is 5.82 Å². The van der Waals surface area contributed by atoms with Crippen molar-refractivity contribution in [1.82, 2.24) is 10.2 Å². The van der Waals surface area contributed by atoms with Gasteiger partial charge in [-0.25, -0.2) is 0 Å². The molecule has 0 saturated carbocycles. The zero-order valence-corrected chi connectivity index (χ0v) is 10.5. The highest BCUT2D eigenvalue weighted by Gasteiger charge is 2.21. The van der Waals surface area contributed by atoms with Crippen molar-refractivity contribution in [3.63, 3.8) is 0 Å². The molecule has 0 atom stereocenters. The van der Waals surface area contributed by atoms with Crippen LogP contribution in [0.5, 0.6) is 0 Å². The van der Waals surface area contributed by atoms with E-state index in [9.17, 15) is 4.79 Å². The van der Waals surface area contributed by atoms with Crippen LogP contribution in [0.15, 0.2) is 12.1 Å². The number of anilines is 1. The monoisotopic (exact) mass is 237 g/mol. The Morgan fingerprint density at radius 3 is 2.59 bits per heavy atom. The quantitative estimate of drug-likeness (QED) is 0.792. The second kappa shape index (κ2) is 5.61. The van der Waals surface area contributed by atoms with Gasteiger partial charge >= 0.3 is 5.97 Å². The summed E-state index contributed by atoms with van der Waals surface area (Å²) in [5, 5.41) is 19.9. The third-order valence-electron chi connectivity index (χ3n) is 2.29. The van der Waals surface area contributed by atoms with Crippen LogP contribution >= 0.6 is 0 Å². The first kappa shape index (κ1) is 13.4.